The van der Waals surface area contributed by atoms with E-state index in [0.717, 1.165) is 16.7 Å². The van der Waals surface area contributed by atoms with Crippen LogP contribution in [0.4, 0.5) is 0 Å². The second-order valence-electron chi connectivity index (χ2n) is 3.69. The smallest absolute Gasteiger partial charge is 0.102 e. The van der Waals surface area contributed by atoms with Crippen molar-refractivity contribution in [2.75, 3.05) is 6.61 Å². The van der Waals surface area contributed by atoms with Crippen molar-refractivity contribution in [3.63, 3.8) is 0 Å². The molecule has 0 aromatic heterocycles. The van der Waals surface area contributed by atoms with E-state index < -0.39 is 6.10 Å². The normalized spacial score (nSPS) is 12.4. The van der Waals surface area contributed by atoms with Crippen molar-refractivity contribution < 1.29 is 10.2 Å². The van der Waals surface area contributed by atoms with Crippen LogP contribution < -0.4 is 0 Å². The van der Waals surface area contributed by atoms with E-state index in [9.17, 15) is 5.11 Å². The third-order valence-electron chi connectivity index (χ3n) is 2.58. The van der Waals surface area contributed by atoms with Crippen LogP contribution >= 0.6 is 0 Å². The van der Waals surface area contributed by atoms with E-state index in [2.05, 4.69) is 0 Å². The Morgan fingerprint density at radius 2 is 1.38 bits per heavy atom. The number of aliphatic hydroxyl groups is 2. The molecule has 0 heterocycles. The van der Waals surface area contributed by atoms with Gasteiger partial charge in [-0.3, -0.25) is 0 Å². The van der Waals surface area contributed by atoms with Crippen LogP contribution in [-0.4, -0.2) is 16.8 Å². The van der Waals surface area contributed by atoms with E-state index in [-0.39, 0.29) is 6.61 Å². The molecule has 0 fully saturated rings. The SMILES string of the molecule is OCC(O)c1ccc(-c2ccccc2)cc1. The average Bonchev–Trinajstić information content (AvgIpc) is 2.39. The number of rotatable bonds is 3. The third-order valence-corrected chi connectivity index (χ3v) is 2.58. The maximum atomic E-state index is 9.44. The monoisotopic (exact) mass is 214 g/mol. The Balaban J connectivity index is 2.26. The number of benzene rings is 2. The Labute approximate surface area is 94.8 Å². The maximum absolute atomic E-state index is 9.44. The molecule has 2 aromatic rings. The van der Waals surface area contributed by atoms with Gasteiger partial charge in [0, 0.05) is 0 Å². The number of aliphatic hydroxyl groups excluding tert-OH is 2. The second-order valence-corrected chi connectivity index (χ2v) is 3.69. The van der Waals surface area contributed by atoms with Gasteiger partial charge in [0.1, 0.15) is 6.10 Å². The van der Waals surface area contributed by atoms with Crippen molar-refractivity contribution in [2.24, 2.45) is 0 Å². The van der Waals surface area contributed by atoms with Gasteiger partial charge in [-0.25, -0.2) is 0 Å². The van der Waals surface area contributed by atoms with Gasteiger partial charge in [0.2, 0.25) is 0 Å². The van der Waals surface area contributed by atoms with Gasteiger partial charge >= 0.3 is 0 Å². The molecule has 2 heteroatoms. The van der Waals surface area contributed by atoms with Crippen molar-refractivity contribution in [3.05, 3.63) is 60.2 Å². The lowest BCUT2D eigenvalue weighted by Gasteiger charge is -2.08. The van der Waals surface area contributed by atoms with Crippen molar-refractivity contribution in [1.29, 1.82) is 0 Å². The molecule has 0 saturated heterocycles. The van der Waals surface area contributed by atoms with Crippen LogP contribution in [0.3, 0.4) is 0 Å². The third kappa shape index (κ3) is 2.30. The summed E-state index contributed by atoms with van der Waals surface area (Å²) in [6.45, 7) is -0.245. The summed E-state index contributed by atoms with van der Waals surface area (Å²) >= 11 is 0. The summed E-state index contributed by atoms with van der Waals surface area (Å²) in [7, 11) is 0. The zero-order valence-electron chi connectivity index (χ0n) is 8.88. The average molecular weight is 214 g/mol. The molecular formula is C14H14O2. The van der Waals surface area contributed by atoms with Crippen LogP contribution in [-0.2, 0) is 0 Å². The van der Waals surface area contributed by atoms with Gasteiger partial charge in [-0.05, 0) is 16.7 Å². The van der Waals surface area contributed by atoms with Crippen LogP contribution in [0.1, 0.15) is 11.7 Å². The molecule has 0 aliphatic rings. The quantitative estimate of drug-likeness (QED) is 0.823. The van der Waals surface area contributed by atoms with E-state index >= 15 is 0 Å². The summed E-state index contributed by atoms with van der Waals surface area (Å²) in [6.07, 6.45) is -0.787. The molecule has 0 aliphatic heterocycles. The van der Waals surface area contributed by atoms with Gasteiger partial charge < -0.3 is 10.2 Å². The van der Waals surface area contributed by atoms with Crippen LogP contribution in [0.25, 0.3) is 11.1 Å². The minimum atomic E-state index is -0.787. The fourth-order valence-electron chi connectivity index (χ4n) is 1.63. The molecule has 16 heavy (non-hydrogen) atoms. The van der Waals surface area contributed by atoms with E-state index in [0.29, 0.717) is 0 Å². The molecule has 2 N–H and O–H groups in total. The zero-order valence-corrected chi connectivity index (χ0v) is 8.88. The second kappa shape index (κ2) is 4.92. The predicted octanol–water partition coefficient (Wildman–Crippen LogP) is 2.38. The zero-order chi connectivity index (χ0) is 11.4. The van der Waals surface area contributed by atoms with E-state index in [4.69, 9.17) is 5.11 Å². The molecule has 82 valence electrons. The molecule has 0 saturated carbocycles. The van der Waals surface area contributed by atoms with E-state index in [1.165, 1.54) is 0 Å². The molecule has 0 radical (unpaired) electrons. The van der Waals surface area contributed by atoms with Crippen LogP contribution in [0.15, 0.2) is 54.6 Å². The summed E-state index contributed by atoms with van der Waals surface area (Å²) in [5.74, 6) is 0. The Hall–Kier alpha value is -1.64. The molecule has 0 amide bonds. The highest BCUT2D eigenvalue weighted by molar-refractivity contribution is 5.63. The maximum Gasteiger partial charge on any atom is 0.102 e. The Morgan fingerprint density at radius 1 is 0.812 bits per heavy atom. The minimum absolute atomic E-state index is 0.245. The topological polar surface area (TPSA) is 40.5 Å². The van der Waals surface area contributed by atoms with Gasteiger partial charge in [-0.15, -0.1) is 0 Å². The summed E-state index contributed by atoms with van der Waals surface area (Å²) < 4.78 is 0. The lowest BCUT2D eigenvalue weighted by Crippen LogP contribution is -2.01. The number of hydrogen-bond donors (Lipinski definition) is 2. The Bertz CT molecular complexity index is 434. The summed E-state index contributed by atoms with van der Waals surface area (Å²) in [5, 5.41) is 18.3. The highest BCUT2D eigenvalue weighted by atomic mass is 16.3. The summed E-state index contributed by atoms with van der Waals surface area (Å²) in [4.78, 5) is 0. The summed E-state index contributed by atoms with van der Waals surface area (Å²) in [5.41, 5.74) is 2.99. The first kappa shape index (κ1) is 10.9. The highest BCUT2D eigenvalue weighted by Crippen LogP contribution is 2.21. The molecule has 2 aromatic carbocycles. The molecule has 1 unspecified atom stereocenters. The molecule has 0 spiro atoms. The Kier molecular flexibility index (Phi) is 3.34. The van der Waals surface area contributed by atoms with Gasteiger partial charge in [0.25, 0.3) is 0 Å². The molecule has 2 nitrogen and oxygen atoms in total. The van der Waals surface area contributed by atoms with Gasteiger partial charge in [0.15, 0.2) is 0 Å². The summed E-state index contributed by atoms with van der Waals surface area (Å²) in [6, 6.07) is 17.6. The largest absolute Gasteiger partial charge is 0.393 e. The lowest BCUT2D eigenvalue weighted by molar-refractivity contribution is 0.0956. The van der Waals surface area contributed by atoms with Crippen LogP contribution in [0.5, 0.6) is 0 Å². The van der Waals surface area contributed by atoms with Crippen molar-refractivity contribution in [1.82, 2.24) is 0 Å². The van der Waals surface area contributed by atoms with Crippen molar-refractivity contribution in [3.8, 4) is 11.1 Å². The van der Waals surface area contributed by atoms with Crippen LogP contribution in [0, 0.1) is 0 Å². The molecule has 2 rings (SSSR count). The fourth-order valence-corrected chi connectivity index (χ4v) is 1.63. The molecular weight excluding hydrogens is 200 g/mol. The van der Waals surface area contributed by atoms with E-state index in [1.807, 2.05) is 54.6 Å². The molecule has 1 atom stereocenters. The lowest BCUT2D eigenvalue weighted by atomic mass is 10.0. The molecule has 0 aliphatic carbocycles. The predicted molar refractivity (Wildman–Crippen MR) is 63.9 cm³/mol. The first-order chi connectivity index (χ1) is 7.81. The molecule has 0 bridgehead atoms. The first-order valence-electron chi connectivity index (χ1n) is 5.25. The highest BCUT2D eigenvalue weighted by Gasteiger charge is 2.05. The van der Waals surface area contributed by atoms with Crippen LogP contribution in [0.2, 0.25) is 0 Å². The van der Waals surface area contributed by atoms with E-state index in [1.54, 1.807) is 0 Å². The Morgan fingerprint density at radius 3 is 1.94 bits per heavy atom. The standard InChI is InChI=1S/C14H14O2/c15-10-14(16)13-8-6-12(7-9-13)11-4-2-1-3-5-11/h1-9,14-16H,10H2. The number of hydrogen-bond acceptors (Lipinski definition) is 2. The van der Waals surface area contributed by atoms with Gasteiger partial charge in [-0.2, -0.15) is 0 Å². The van der Waals surface area contributed by atoms with Gasteiger partial charge in [0.05, 0.1) is 6.61 Å². The fraction of sp³-hybridized carbons (Fsp3) is 0.143. The van der Waals surface area contributed by atoms with Crippen molar-refractivity contribution >= 4 is 0 Å². The van der Waals surface area contributed by atoms with Crippen molar-refractivity contribution in [2.45, 2.75) is 6.10 Å². The minimum Gasteiger partial charge on any atom is -0.393 e. The van der Waals surface area contributed by atoms with Gasteiger partial charge in [-0.1, -0.05) is 54.6 Å². The first-order valence-corrected chi connectivity index (χ1v) is 5.25.